The van der Waals surface area contributed by atoms with Crippen LogP contribution in [0.5, 0.6) is 5.75 Å². The first-order valence-electron chi connectivity index (χ1n) is 14.1. The summed E-state index contributed by atoms with van der Waals surface area (Å²) in [4.78, 5) is 28.6. The van der Waals surface area contributed by atoms with Crippen LogP contribution in [0.3, 0.4) is 0 Å². The van der Waals surface area contributed by atoms with Crippen LogP contribution in [0.25, 0.3) is 0 Å². The molecule has 2 amide bonds. The third-order valence-electron chi connectivity index (χ3n) is 7.12. The lowest BCUT2D eigenvalue weighted by Crippen LogP contribution is -2.51. The van der Waals surface area contributed by atoms with Crippen molar-refractivity contribution in [2.75, 3.05) is 23.7 Å². The summed E-state index contributed by atoms with van der Waals surface area (Å²) in [5.74, 6) is 0.393. The Kier molecular flexibility index (Phi) is 11.7. The zero-order valence-electron chi connectivity index (χ0n) is 23.5. The Bertz CT molecular complexity index is 1150. The third-order valence-corrected chi connectivity index (χ3v) is 8.32. The van der Waals surface area contributed by atoms with E-state index in [0.717, 1.165) is 37.5 Å². The smallest absolute Gasteiger partial charge is 0.243 e. The molecule has 1 atom stereocenters. The zero-order chi connectivity index (χ0) is 28.3. The van der Waals surface area contributed by atoms with Gasteiger partial charge in [0, 0.05) is 25.6 Å². The van der Waals surface area contributed by atoms with Crippen molar-refractivity contribution in [1.82, 2.24) is 10.2 Å². The summed E-state index contributed by atoms with van der Waals surface area (Å²) in [5, 5.41) is 3.19. The van der Waals surface area contributed by atoms with Gasteiger partial charge in [0.15, 0.2) is 0 Å². The molecule has 0 spiro atoms. The van der Waals surface area contributed by atoms with Crippen LogP contribution < -0.4 is 14.4 Å². The van der Waals surface area contributed by atoms with Crippen LogP contribution in [0.1, 0.15) is 70.8 Å². The minimum absolute atomic E-state index is 0.110. The molecule has 0 radical (unpaired) electrons. The van der Waals surface area contributed by atoms with Gasteiger partial charge in [0.05, 0.1) is 18.6 Å². The normalized spacial score (nSPS) is 14.8. The molecule has 1 aliphatic rings. The molecule has 0 heterocycles. The van der Waals surface area contributed by atoms with Gasteiger partial charge in [-0.15, -0.1) is 0 Å². The molecule has 1 fully saturated rings. The Morgan fingerprint density at radius 1 is 1.00 bits per heavy atom. The van der Waals surface area contributed by atoms with Crippen molar-refractivity contribution < 1.29 is 22.7 Å². The van der Waals surface area contributed by atoms with Crippen molar-refractivity contribution >= 4 is 27.5 Å². The molecule has 1 N–H and O–H groups in total. The zero-order valence-corrected chi connectivity index (χ0v) is 24.3. The quantitative estimate of drug-likeness (QED) is 0.357. The second-order valence-electron chi connectivity index (χ2n) is 10.1. The van der Waals surface area contributed by atoms with Gasteiger partial charge in [0.1, 0.15) is 11.8 Å². The number of nitrogens with one attached hydrogen (secondary N) is 1. The van der Waals surface area contributed by atoms with Gasteiger partial charge < -0.3 is 15.0 Å². The van der Waals surface area contributed by atoms with Crippen molar-refractivity contribution in [2.45, 2.75) is 83.8 Å². The Morgan fingerprint density at radius 2 is 1.67 bits per heavy atom. The van der Waals surface area contributed by atoms with Crippen molar-refractivity contribution in [1.29, 1.82) is 0 Å². The lowest BCUT2D eigenvalue weighted by atomic mass is 9.95. The highest BCUT2D eigenvalue weighted by Gasteiger charge is 2.30. The maximum Gasteiger partial charge on any atom is 0.243 e. The molecule has 214 valence electrons. The van der Waals surface area contributed by atoms with E-state index in [9.17, 15) is 18.0 Å². The summed E-state index contributed by atoms with van der Waals surface area (Å²) in [7, 11) is -3.56. The van der Waals surface area contributed by atoms with Gasteiger partial charge in [-0.3, -0.25) is 13.9 Å². The molecule has 2 aromatic carbocycles. The van der Waals surface area contributed by atoms with Crippen molar-refractivity contribution in [3.05, 3.63) is 60.2 Å². The minimum Gasteiger partial charge on any atom is -0.494 e. The second kappa shape index (κ2) is 14.9. The largest absolute Gasteiger partial charge is 0.494 e. The molecule has 1 aliphatic carbocycles. The van der Waals surface area contributed by atoms with Gasteiger partial charge in [-0.2, -0.15) is 0 Å². The predicted molar refractivity (Wildman–Crippen MR) is 155 cm³/mol. The van der Waals surface area contributed by atoms with Gasteiger partial charge in [0.25, 0.3) is 0 Å². The van der Waals surface area contributed by atoms with Crippen LogP contribution in [0.4, 0.5) is 5.69 Å². The highest BCUT2D eigenvalue weighted by molar-refractivity contribution is 7.92. The van der Waals surface area contributed by atoms with Gasteiger partial charge in [-0.05, 0) is 62.4 Å². The highest BCUT2D eigenvalue weighted by Crippen LogP contribution is 2.23. The van der Waals surface area contributed by atoms with Crippen LogP contribution in [0.2, 0.25) is 0 Å². The molecule has 9 heteroatoms. The number of amides is 2. The average Bonchev–Trinajstić information content (AvgIpc) is 2.92. The van der Waals surface area contributed by atoms with Crippen molar-refractivity contribution in [3.63, 3.8) is 0 Å². The number of ether oxygens (including phenoxy) is 1. The van der Waals surface area contributed by atoms with E-state index in [0.29, 0.717) is 37.4 Å². The lowest BCUT2D eigenvalue weighted by molar-refractivity contribution is -0.141. The molecule has 0 aromatic heterocycles. The summed E-state index contributed by atoms with van der Waals surface area (Å²) >= 11 is 0. The van der Waals surface area contributed by atoms with E-state index in [1.54, 1.807) is 29.2 Å². The van der Waals surface area contributed by atoms with Crippen molar-refractivity contribution in [3.8, 4) is 5.75 Å². The molecule has 39 heavy (non-hydrogen) atoms. The topological polar surface area (TPSA) is 96.0 Å². The molecule has 1 unspecified atom stereocenters. The molecule has 0 saturated heterocycles. The van der Waals surface area contributed by atoms with Crippen molar-refractivity contribution in [2.24, 2.45) is 0 Å². The molecule has 0 bridgehead atoms. The summed E-state index contributed by atoms with van der Waals surface area (Å²) in [6.45, 7) is 4.81. The van der Waals surface area contributed by atoms with E-state index in [1.165, 1.54) is 10.7 Å². The molecular weight excluding hydrogens is 514 g/mol. The monoisotopic (exact) mass is 557 g/mol. The molecule has 1 saturated carbocycles. The third kappa shape index (κ3) is 9.27. The van der Waals surface area contributed by atoms with Gasteiger partial charge in [-0.25, -0.2) is 8.42 Å². The van der Waals surface area contributed by atoms with Crippen LogP contribution in [-0.2, 0) is 26.2 Å². The Hall–Kier alpha value is -3.07. The number of nitrogens with zero attached hydrogens (tertiary/aromatic N) is 2. The van der Waals surface area contributed by atoms with Crippen LogP contribution in [0.15, 0.2) is 54.6 Å². The number of rotatable bonds is 14. The number of hydrogen-bond acceptors (Lipinski definition) is 5. The number of carbonyl (C=O) groups is 2. The predicted octanol–water partition coefficient (Wildman–Crippen LogP) is 4.89. The summed E-state index contributed by atoms with van der Waals surface area (Å²) in [5.41, 5.74) is 1.47. The van der Waals surface area contributed by atoms with Gasteiger partial charge >= 0.3 is 0 Å². The molecule has 2 aromatic rings. The molecule has 8 nitrogen and oxygen atoms in total. The van der Waals surface area contributed by atoms with Crippen LogP contribution in [-0.4, -0.2) is 56.6 Å². The fraction of sp³-hybridized carbons (Fsp3) is 0.533. The average molecular weight is 558 g/mol. The fourth-order valence-corrected chi connectivity index (χ4v) is 6.09. The van der Waals surface area contributed by atoms with E-state index in [2.05, 4.69) is 5.32 Å². The molecule has 0 aliphatic heterocycles. The molecule has 3 rings (SSSR count). The molecular formula is C30H43N3O5S. The second-order valence-corrected chi connectivity index (χ2v) is 12.0. The SMILES string of the molecule is CCOc1ccc(N(CCCC(=O)N(Cc2ccccc2)C(CC)C(=O)NC2CCCCC2)S(C)(=O)=O)cc1. The Balaban J connectivity index is 1.72. The van der Waals surface area contributed by atoms with E-state index < -0.39 is 16.1 Å². The number of sulfonamides is 1. The van der Waals surface area contributed by atoms with Gasteiger partial charge in [-0.1, -0.05) is 56.5 Å². The first kappa shape index (κ1) is 30.5. The van der Waals surface area contributed by atoms with E-state index in [1.807, 2.05) is 44.2 Å². The Labute approximate surface area is 233 Å². The minimum atomic E-state index is -3.56. The first-order chi connectivity index (χ1) is 18.7. The van der Waals surface area contributed by atoms with E-state index in [4.69, 9.17) is 4.74 Å². The van der Waals surface area contributed by atoms with E-state index in [-0.39, 0.29) is 30.8 Å². The fourth-order valence-electron chi connectivity index (χ4n) is 5.12. The number of hydrogen-bond donors (Lipinski definition) is 1. The summed E-state index contributed by atoms with van der Waals surface area (Å²) < 4.78 is 31.9. The van der Waals surface area contributed by atoms with Gasteiger partial charge in [0.2, 0.25) is 21.8 Å². The maximum atomic E-state index is 13.6. The summed E-state index contributed by atoms with van der Waals surface area (Å²) in [6.07, 6.45) is 7.48. The maximum absolute atomic E-state index is 13.6. The summed E-state index contributed by atoms with van der Waals surface area (Å²) in [6, 6.07) is 16.1. The van der Waals surface area contributed by atoms with Crippen LogP contribution >= 0.6 is 0 Å². The first-order valence-corrected chi connectivity index (χ1v) is 15.9. The highest BCUT2D eigenvalue weighted by atomic mass is 32.2. The lowest BCUT2D eigenvalue weighted by Gasteiger charge is -2.33. The van der Waals surface area contributed by atoms with Crippen LogP contribution in [0, 0.1) is 0 Å². The number of anilines is 1. The number of benzene rings is 2. The standard InChI is InChI=1S/C30H43N3O5S/c1-4-28(30(35)31-25-15-10-7-11-16-25)32(23-24-13-8-6-9-14-24)29(34)17-12-22-33(39(3,36)37)26-18-20-27(21-19-26)38-5-2/h6,8-9,13-14,18-21,25,28H,4-5,7,10-12,15-17,22-23H2,1-3H3,(H,31,35). The number of carbonyl (C=O) groups excluding carboxylic acids is 2. The van der Waals surface area contributed by atoms with E-state index >= 15 is 0 Å². The Morgan fingerprint density at radius 3 is 2.26 bits per heavy atom.